The quantitative estimate of drug-likeness (QED) is 0.297. The highest BCUT2D eigenvalue weighted by Crippen LogP contribution is 2.30. The van der Waals surface area contributed by atoms with Crippen molar-refractivity contribution >= 4 is 44.0 Å². The number of ether oxygens (including phenoxy) is 2. The standard InChI is InChI=1S/C20H17N3O7S2/c1-29-16-9-3-13(11-17(16)30-2)4-10-18(24)22-20-21-12-19(31-20)32(27,28)15-7-5-14(6-8-15)23(25)26/h3-12H,1-2H3,(H,21,22,24). The number of hydrogen-bond acceptors (Lipinski definition) is 9. The largest absolute Gasteiger partial charge is 0.493 e. The molecule has 0 radical (unpaired) electrons. The number of carbonyl (C=O) groups is 1. The van der Waals surface area contributed by atoms with Crippen LogP contribution in [0.25, 0.3) is 6.08 Å². The number of anilines is 1. The van der Waals surface area contributed by atoms with Gasteiger partial charge in [-0.15, -0.1) is 0 Å². The summed E-state index contributed by atoms with van der Waals surface area (Å²) < 4.78 is 35.6. The van der Waals surface area contributed by atoms with E-state index in [0.717, 1.165) is 41.8 Å². The average molecular weight is 476 g/mol. The van der Waals surface area contributed by atoms with Gasteiger partial charge in [-0.25, -0.2) is 13.4 Å². The molecule has 1 heterocycles. The van der Waals surface area contributed by atoms with Gasteiger partial charge in [0.1, 0.15) is 4.21 Å². The molecule has 0 aliphatic rings. The first-order valence-corrected chi connectivity index (χ1v) is 11.2. The minimum absolute atomic E-state index is 0.0902. The predicted molar refractivity (Wildman–Crippen MR) is 118 cm³/mol. The highest BCUT2D eigenvalue weighted by Gasteiger charge is 2.22. The van der Waals surface area contributed by atoms with Crippen molar-refractivity contribution in [2.75, 3.05) is 19.5 Å². The maximum Gasteiger partial charge on any atom is 0.269 e. The van der Waals surface area contributed by atoms with Crippen LogP contribution in [0.15, 0.2) is 63.8 Å². The summed E-state index contributed by atoms with van der Waals surface area (Å²) in [6.45, 7) is 0. The lowest BCUT2D eigenvalue weighted by Crippen LogP contribution is -2.07. The van der Waals surface area contributed by atoms with E-state index >= 15 is 0 Å². The second kappa shape index (κ2) is 9.58. The first-order valence-electron chi connectivity index (χ1n) is 8.91. The summed E-state index contributed by atoms with van der Waals surface area (Å²) in [5, 5.41) is 13.3. The minimum Gasteiger partial charge on any atom is -0.493 e. The molecule has 0 bridgehead atoms. The van der Waals surface area contributed by atoms with E-state index in [2.05, 4.69) is 10.3 Å². The van der Waals surface area contributed by atoms with Crippen molar-refractivity contribution in [3.05, 3.63) is 70.4 Å². The number of nitro groups is 1. The molecule has 2 aromatic carbocycles. The summed E-state index contributed by atoms with van der Waals surface area (Å²) >= 11 is 0.771. The van der Waals surface area contributed by atoms with Gasteiger partial charge in [0.05, 0.1) is 30.2 Å². The van der Waals surface area contributed by atoms with Crippen molar-refractivity contribution in [2.45, 2.75) is 9.10 Å². The van der Waals surface area contributed by atoms with E-state index in [1.165, 1.54) is 20.3 Å². The number of rotatable bonds is 8. The van der Waals surface area contributed by atoms with E-state index in [1.54, 1.807) is 24.3 Å². The molecule has 12 heteroatoms. The molecular weight excluding hydrogens is 458 g/mol. The number of thiazole rings is 1. The SMILES string of the molecule is COc1ccc(C=CC(=O)Nc2ncc(S(=O)(=O)c3ccc([N+](=O)[O-])cc3)s2)cc1OC. The molecule has 1 N–H and O–H groups in total. The highest BCUT2D eigenvalue weighted by atomic mass is 32.2. The van der Waals surface area contributed by atoms with Gasteiger partial charge >= 0.3 is 0 Å². The second-order valence-electron chi connectivity index (χ2n) is 6.18. The summed E-state index contributed by atoms with van der Waals surface area (Å²) in [7, 11) is -0.906. The molecule has 0 atom stereocenters. The number of nitrogens with zero attached hydrogens (tertiary/aromatic N) is 2. The number of hydrogen-bond donors (Lipinski definition) is 1. The molecule has 0 fully saturated rings. The van der Waals surface area contributed by atoms with Crippen molar-refractivity contribution in [1.29, 1.82) is 0 Å². The van der Waals surface area contributed by atoms with Gasteiger partial charge in [0.25, 0.3) is 5.69 Å². The molecule has 0 aliphatic carbocycles. The van der Waals surface area contributed by atoms with Gasteiger partial charge < -0.3 is 9.47 Å². The lowest BCUT2D eigenvalue weighted by atomic mass is 10.2. The number of methoxy groups -OCH3 is 2. The van der Waals surface area contributed by atoms with Gasteiger partial charge in [0.2, 0.25) is 15.7 Å². The Morgan fingerprint density at radius 1 is 1.12 bits per heavy atom. The smallest absolute Gasteiger partial charge is 0.269 e. The van der Waals surface area contributed by atoms with E-state index in [9.17, 15) is 23.3 Å². The monoisotopic (exact) mass is 475 g/mol. The third-order valence-corrected chi connectivity index (χ3v) is 7.32. The molecule has 32 heavy (non-hydrogen) atoms. The number of non-ortho nitro benzene ring substituents is 1. The molecule has 1 aromatic heterocycles. The molecule has 10 nitrogen and oxygen atoms in total. The first kappa shape index (κ1) is 22.9. The molecule has 166 valence electrons. The number of carbonyl (C=O) groups excluding carboxylic acids is 1. The van der Waals surface area contributed by atoms with E-state index in [-0.39, 0.29) is 19.9 Å². The van der Waals surface area contributed by atoms with Gasteiger partial charge in [-0.05, 0) is 35.9 Å². The zero-order chi connectivity index (χ0) is 23.3. The lowest BCUT2D eigenvalue weighted by molar-refractivity contribution is -0.384. The third kappa shape index (κ3) is 5.10. The van der Waals surface area contributed by atoms with Crippen LogP contribution in [0.4, 0.5) is 10.8 Å². The van der Waals surface area contributed by atoms with Crippen molar-refractivity contribution in [2.24, 2.45) is 0 Å². The Balaban J connectivity index is 1.71. The Hall–Kier alpha value is -3.77. The van der Waals surface area contributed by atoms with Crippen LogP contribution in [0.5, 0.6) is 11.5 Å². The third-order valence-electron chi connectivity index (χ3n) is 4.17. The topological polar surface area (TPSA) is 138 Å². The van der Waals surface area contributed by atoms with Crippen LogP contribution in [-0.4, -0.2) is 38.5 Å². The maximum atomic E-state index is 12.7. The molecule has 0 saturated heterocycles. The fraction of sp³-hybridized carbons (Fsp3) is 0.100. The molecule has 3 aromatic rings. The number of nitrogens with one attached hydrogen (secondary N) is 1. The molecular formula is C20H17N3O7S2. The van der Waals surface area contributed by atoms with Crippen molar-refractivity contribution in [1.82, 2.24) is 4.98 Å². The molecule has 0 saturated carbocycles. The van der Waals surface area contributed by atoms with Crippen LogP contribution in [0.2, 0.25) is 0 Å². The number of aromatic nitrogens is 1. The predicted octanol–water partition coefficient (Wildman–Crippen LogP) is 3.55. The Kier molecular flexibility index (Phi) is 6.85. The normalized spacial score (nSPS) is 11.3. The Bertz CT molecular complexity index is 1280. The van der Waals surface area contributed by atoms with Gasteiger partial charge in [0, 0.05) is 18.2 Å². The van der Waals surface area contributed by atoms with Gasteiger partial charge in [-0.1, -0.05) is 17.4 Å². The van der Waals surface area contributed by atoms with Gasteiger partial charge in [-0.2, -0.15) is 0 Å². The number of benzene rings is 2. The first-order chi connectivity index (χ1) is 15.2. The molecule has 3 rings (SSSR count). The number of sulfone groups is 1. The van der Waals surface area contributed by atoms with E-state index in [0.29, 0.717) is 17.1 Å². The summed E-state index contributed by atoms with van der Waals surface area (Å²) in [5.74, 6) is 0.558. The average Bonchev–Trinajstić information content (AvgIpc) is 3.26. The van der Waals surface area contributed by atoms with Crippen LogP contribution < -0.4 is 14.8 Å². The van der Waals surface area contributed by atoms with E-state index in [4.69, 9.17) is 9.47 Å². The zero-order valence-electron chi connectivity index (χ0n) is 16.8. The Morgan fingerprint density at radius 3 is 2.44 bits per heavy atom. The highest BCUT2D eigenvalue weighted by molar-refractivity contribution is 7.93. The fourth-order valence-electron chi connectivity index (χ4n) is 2.58. The summed E-state index contributed by atoms with van der Waals surface area (Å²) in [4.78, 5) is 26.1. The van der Waals surface area contributed by atoms with Crippen molar-refractivity contribution < 1.29 is 27.6 Å². The van der Waals surface area contributed by atoms with Crippen LogP contribution in [-0.2, 0) is 14.6 Å². The summed E-state index contributed by atoms with van der Waals surface area (Å²) in [6, 6.07) is 9.65. The number of nitro benzene ring substituents is 1. The Labute approximate surface area is 187 Å². The number of amides is 1. The van der Waals surface area contributed by atoms with E-state index in [1.807, 2.05) is 0 Å². The summed E-state index contributed by atoms with van der Waals surface area (Å²) in [6.07, 6.45) is 3.95. The van der Waals surface area contributed by atoms with Gasteiger partial charge in [0.15, 0.2) is 16.6 Å². The molecule has 1 amide bonds. The maximum absolute atomic E-state index is 12.7. The fourth-order valence-corrected chi connectivity index (χ4v) is 5.02. The van der Waals surface area contributed by atoms with Crippen molar-refractivity contribution in [3.63, 3.8) is 0 Å². The van der Waals surface area contributed by atoms with Crippen LogP contribution >= 0.6 is 11.3 Å². The van der Waals surface area contributed by atoms with Crippen molar-refractivity contribution in [3.8, 4) is 11.5 Å². The Morgan fingerprint density at radius 2 is 1.81 bits per heavy atom. The van der Waals surface area contributed by atoms with E-state index < -0.39 is 20.7 Å². The minimum atomic E-state index is -3.93. The molecule has 0 spiro atoms. The lowest BCUT2D eigenvalue weighted by Gasteiger charge is -2.07. The molecule has 0 unspecified atom stereocenters. The van der Waals surface area contributed by atoms with Gasteiger partial charge in [-0.3, -0.25) is 20.2 Å². The van der Waals surface area contributed by atoms with Crippen LogP contribution in [0.1, 0.15) is 5.56 Å². The molecule has 0 aliphatic heterocycles. The van der Waals surface area contributed by atoms with Crippen LogP contribution in [0, 0.1) is 10.1 Å². The van der Waals surface area contributed by atoms with Crippen LogP contribution in [0.3, 0.4) is 0 Å². The zero-order valence-corrected chi connectivity index (χ0v) is 18.5. The summed E-state index contributed by atoms with van der Waals surface area (Å²) in [5.41, 5.74) is 0.473. The second-order valence-corrected chi connectivity index (χ2v) is 9.38.